The van der Waals surface area contributed by atoms with Crippen LogP contribution in [0.1, 0.15) is 90.9 Å². The fourth-order valence-electron chi connectivity index (χ4n) is 8.76. The third kappa shape index (κ3) is 4.42. The molecule has 5 heteroatoms. The van der Waals surface area contributed by atoms with Crippen molar-refractivity contribution in [2.24, 2.45) is 34.5 Å². The molecule has 4 fully saturated rings. The molecule has 0 heterocycles. The van der Waals surface area contributed by atoms with E-state index in [-0.39, 0.29) is 11.5 Å². The van der Waals surface area contributed by atoms with Gasteiger partial charge in [0, 0.05) is 6.54 Å². The Labute approximate surface area is 196 Å². The van der Waals surface area contributed by atoms with Gasteiger partial charge in [-0.1, -0.05) is 13.8 Å². The van der Waals surface area contributed by atoms with Gasteiger partial charge in [-0.05, 0) is 132 Å². The van der Waals surface area contributed by atoms with Crippen molar-refractivity contribution in [1.82, 2.24) is 10.4 Å². The van der Waals surface area contributed by atoms with E-state index >= 15 is 0 Å². The topological polar surface area (TPSA) is 65.0 Å². The Balaban J connectivity index is 1.31. The fraction of sp³-hybridized carbons (Fsp3) is 1.00. The predicted octanol–water partition coefficient (Wildman–Crippen LogP) is 4.37. The molecule has 4 aliphatic carbocycles. The van der Waals surface area contributed by atoms with Gasteiger partial charge in [0.2, 0.25) is 0 Å². The monoisotopic (exact) mass is 450 g/mol. The van der Waals surface area contributed by atoms with E-state index in [1.54, 1.807) is 0 Å². The molecule has 4 rings (SSSR count). The third-order valence-corrected chi connectivity index (χ3v) is 10.8. The van der Waals surface area contributed by atoms with Crippen LogP contribution < -0.4 is 5.48 Å². The van der Waals surface area contributed by atoms with E-state index in [9.17, 15) is 10.2 Å². The van der Waals surface area contributed by atoms with Crippen LogP contribution in [-0.4, -0.2) is 60.6 Å². The van der Waals surface area contributed by atoms with E-state index in [0.717, 1.165) is 77.5 Å². The lowest BCUT2D eigenvalue weighted by molar-refractivity contribution is -0.210. The molecular formula is C27H50N2O3. The molecular weight excluding hydrogens is 400 g/mol. The zero-order valence-electron chi connectivity index (χ0n) is 21.2. The van der Waals surface area contributed by atoms with Crippen LogP contribution >= 0.6 is 0 Å². The van der Waals surface area contributed by atoms with Crippen LogP contribution in [0.4, 0.5) is 0 Å². The van der Waals surface area contributed by atoms with Gasteiger partial charge < -0.3 is 20.0 Å². The summed E-state index contributed by atoms with van der Waals surface area (Å²) in [6.45, 7) is 7.68. The lowest BCUT2D eigenvalue weighted by Crippen LogP contribution is -2.62. The molecule has 8 atom stereocenters. The average Bonchev–Trinajstić information content (AvgIpc) is 3.01. The SMILES string of the molecule is CN(C)CCCCONCC[C@H]1CC[C@]2(O)[C@@H]3CC[C@@H]4C[C@@H](O)CC[C@]4(C)[C@H]3CC[C@]12C. The Morgan fingerprint density at radius 3 is 2.56 bits per heavy atom. The maximum atomic E-state index is 12.2. The van der Waals surface area contributed by atoms with Crippen molar-refractivity contribution in [2.75, 3.05) is 33.8 Å². The number of rotatable bonds is 9. The summed E-state index contributed by atoms with van der Waals surface area (Å²) in [5.74, 6) is 2.31. The Morgan fingerprint density at radius 1 is 0.969 bits per heavy atom. The third-order valence-electron chi connectivity index (χ3n) is 10.8. The first kappa shape index (κ1) is 24.9. The molecule has 4 saturated carbocycles. The van der Waals surface area contributed by atoms with Gasteiger partial charge in [-0.15, -0.1) is 0 Å². The summed E-state index contributed by atoms with van der Waals surface area (Å²) in [5.41, 5.74) is 3.07. The van der Waals surface area contributed by atoms with Crippen LogP contribution in [0.2, 0.25) is 0 Å². The Bertz CT molecular complexity index is 630. The standard InChI is InChI=1S/C27H50N2O3/c1-25-13-10-22(30)19-21(25)7-8-24-23(25)11-14-26(2)20(9-15-27(24,26)31)12-16-28-32-18-6-5-17-29(3)4/h20-24,28,30-31H,5-19H2,1-4H3/t20-,21-,22+,23+,24-,25+,26-,27+/m1/s1. The molecule has 0 aliphatic heterocycles. The maximum Gasteiger partial charge on any atom is 0.0734 e. The highest BCUT2D eigenvalue weighted by molar-refractivity contribution is 5.16. The summed E-state index contributed by atoms with van der Waals surface area (Å²) in [6, 6.07) is 0. The quantitative estimate of drug-likeness (QED) is 0.359. The minimum Gasteiger partial charge on any atom is -0.393 e. The number of aliphatic hydroxyl groups excluding tert-OH is 1. The van der Waals surface area contributed by atoms with Crippen LogP contribution in [0.15, 0.2) is 0 Å². The van der Waals surface area contributed by atoms with Crippen molar-refractivity contribution < 1.29 is 15.1 Å². The Kier molecular flexibility index (Phi) is 7.64. The van der Waals surface area contributed by atoms with Crippen LogP contribution in [-0.2, 0) is 4.84 Å². The van der Waals surface area contributed by atoms with Crippen molar-refractivity contribution >= 4 is 0 Å². The molecule has 0 aromatic carbocycles. The Morgan fingerprint density at radius 2 is 1.78 bits per heavy atom. The van der Waals surface area contributed by atoms with Gasteiger partial charge in [-0.2, -0.15) is 0 Å². The lowest BCUT2D eigenvalue weighted by atomic mass is 9.43. The summed E-state index contributed by atoms with van der Waals surface area (Å²) in [5, 5.41) is 22.5. The fourth-order valence-corrected chi connectivity index (χ4v) is 8.76. The molecule has 0 bridgehead atoms. The number of fused-ring (bicyclic) bond motifs is 5. The highest BCUT2D eigenvalue weighted by Gasteiger charge is 2.66. The molecule has 0 radical (unpaired) electrons. The normalized spacial score (nSPS) is 46.0. The first-order valence-electron chi connectivity index (χ1n) is 13.6. The van der Waals surface area contributed by atoms with E-state index in [4.69, 9.17) is 4.84 Å². The van der Waals surface area contributed by atoms with Crippen LogP contribution in [0, 0.1) is 34.5 Å². The van der Waals surface area contributed by atoms with Gasteiger partial charge >= 0.3 is 0 Å². The van der Waals surface area contributed by atoms with E-state index in [0.29, 0.717) is 29.1 Å². The summed E-state index contributed by atoms with van der Waals surface area (Å²) in [6.07, 6.45) is 13.2. The summed E-state index contributed by atoms with van der Waals surface area (Å²) in [4.78, 5) is 7.90. The molecule has 5 nitrogen and oxygen atoms in total. The first-order valence-corrected chi connectivity index (χ1v) is 13.6. The zero-order valence-corrected chi connectivity index (χ0v) is 21.2. The molecule has 3 N–H and O–H groups in total. The number of hydrogen-bond donors (Lipinski definition) is 3. The van der Waals surface area contributed by atoms with Gasteiger partial charge in [-0.3, -0.25) is 0 Å². The molecule has 4 aliphatic rings. The molecule has 0 aromatic rings. The Hall–Kier alpha value is -0.200. The van der Waals surface area contributed by atoms with E-state index in [1.165, 1.54) is 19.3 Å². The summed E-state index contributed by atoms with van der Waals surface area (Å²) >= 11 is 0. The molecule has 0 aromatic heterocycles. The van der Waals surface area contributed by atoms with Crippen molar-refractivity contribution in [3.8, 4) is 0 Å². The van der Waals surface area contributed by atoms with Gasteiger partial charge in [0.15, 0.2) is 0 Å². The number of hydroxylamine groups is 1. The molecule has 186 valence electrons. The van der Waals surface area contributed by atoms with Gasteiger partial charge in [0.05, 0.1) is 18.3 Å². The second-order valence-electron chi connectivity index (χ2n) is 12.6. The average molecular weight is 451 g/mol. The highest BCUT2D eigenvalue weighted by atomic mass is 16.6. The minimum absolute atomic E-state index is 0.0406. The van der Waals surface area contributed by atoms with E-state index in [2.05, 4.69) is 38.3 Å². The largest absolute Gasteiger partial charge is 0.393 e. The molecule has 0 unspecified atom stereocenters. The summed E-state index contributed by atoms with van der Waals surface area (Å²) < 4.78 is 0. The molecule has 0 amide bonds. The van der Waals surface area contributed by atoms with Crippen LogP contribution in [0.3, 0.4) is 0 Å². The number of hydrogen-bond acceptors (Lipinski definition) is 5. The number of nitrogens with zero attached hydrogens (tertiary/aromatic N) is 1. The number of nitrogens with one attached hydrogen (secondary N) is 1. The predicted molar refractivity (Wildman–Crippen MR) is 129 cm³/mol. The van der Waals surface area contributed by atoms with Crippen molar-refractivity contribution in [3.05, 3.63) is 0 Å². The molecule has 0 saturated heterocycles. The summed E-state index contributed by atoms with van der Waals surface area (Å²) in [7, 11) is 4.23. The van der Waals surface area contributed by atoms with Gasteiger partial charge in [0.25, 0.3) is 0 Å². The number of unbranched alkanes of at least 4 members (excludes halogenated alkanes) is 1. The van der Waals surface area contributed by atoms with Crippen molar-refractivity contribution in [2.45, 2.75) is 103 Å². The maximum absolute atomic E-state index is 12.2. The van der Waals surface area contributed by atoms with Crippen LogP contribution in [0.25, 0.3) is 0 Å². The molecule has 32 heavy (non-hydrogen) atoms. The molecule has 0 spiro atoms. The highest BCUT2D eigenvalue weighted by Crippen LogP contribution is 2.69. The van der Waals surface area contributed by atoms with Gasteiger partial charge in [0.1, 0.15) is 0 Å². The van der Waals surface area contributed by atoms with Crippen LogP contribution in [0.5, 0.6) is 0 Å². The minimum atomic E-state index is -0.502. The second kappa shape index (κ2) is 9.81. The van der Waals surface area contributed by atoms with E-state index in [1.807, 2.05) is 0 Å². The van der Waals surface area contributed by atoms with Gasteiger partial charge in [-0.25, -0.2) is 5.48 Å². The van der Waals surface area contributed by atoms with E-state index < -0.39 is 5.60 Å². The second-order valence-corrected chi connectivity index (χ2v) is 12.6. The van der Waals surface area contributed by atoms with Crippen molar-refractivity contribution in [1.29, 1.82) is 0 Å². The first-order chi connectivity index (χ1) is 15.2. The number of aliphatic hydroxyl groups is 2. The van der Waals surface area contributed by atoms with Crippen molar-refractivity contribution in [3.63, 3.8) is 0 Å². The smallest absolute Gasteiger partial charge is 0.0734 e. The lowest BCUT2D eigenvalue weighted by Gasteiger charge is -2.63. The zero-order chi connectivity index (χ0) is 23.0.